The molecule has 0 aliphatic rings. The molecule has 1 unspecified atom stereocenters. The van der Waals surface area contributed by atoms with Crippen LogP contribution in [0.5, 0.6) is 0 Å². The van der Waals surface area contributed by atoms with Crippen LogP contribution in [0, 0.1) is 17.7 Å². The molecule has 1 atom stereocenters. The Bertz CT molecular complexity index is 352. The molecule has 0 spiro atoms. The fraction of sp³-hybridized carbons (Fsp3) is 0.364. The van der Waals surface area contributed by atoms with E-state index >= 15 is 0 Å². The second-order valence-electron chi connectivity index (χ2n) is 2.94. The maximum Gasteiger partial charge on any atom is 0.146 e. The molecule has 0 fully saturated rings. The summed E-state index contributed by atoms with van der Waals surface area (Å²) >= 11 is 0. The van der Waals surface area contributed by atoms with Gasteiger partial charge in [0.15, 0.2) is 0 Å². The van der Waals surface area contributed by atoms with Crippen LogP contribution in [-0.4, -0.2) is 4.98 Å². The Morgan fingerprint density at radius 2 is 2.43 bits per heavy atom. The lowest BCUT2D eigenvalue weighted by Crippen LogP contribution is -2.13. The van der Waals surface area contributed by atoms with Gasteiger partial charge in [0, 0.05) is 12.6 Å². The predicted octanol–water partition coefficient (Wildman–Crippen LogP) is 2.02. The SMILES string of the molecule is CC#CCCC(N)c1ncccc1F. The predicted molar refractivity (Wildman–Crippen MR) is 53.8 cm³/mol. The van der Waals surface area contributed by atoms with Crippen molar-refractivity contribution >= 4 is 0 Å². The molecular formula is C11H13FN2. The minimum Gasteiger partial charge on any atom is -0.323 e. The van der Waals surface area contributed by atoms with Crippen molar-refractivity contribution in [3.8, 4) is 11.8 Å². The van der Waals surface area contributed by atoms with Crippen LogP contribution in [0.1, 0.15) is 31.5 Å². The summed E-state index contributed by atoms with van der Waals surface area (Å²) in [5, 5.41) is 0. The molecule has 2 N–H and O–H groups in total. The van der Waals surface area contributed by atoms with Crippen molar-refractivity contribution in [3.63, 3.8) is 0 Å². The second-order valence-corrected chi connectivity index (χ2v) is 2.94. The monoisotopic (exact) mass is 192 g/mol. The Morgan fingerprint density at radius 3 is 3.07 bits per heavy atom. The van der Waals surface area contributed by atoms with Crippen molar-refractivity contribution in [2.45, 2.75) is 25.8 Å². The molecule has 2 nitrogen and oxygen atoms in total. The fourth-order valence-electron chi connectivity index (χ4n) is 1.16. The summed E-state index contributed by atoms with van der Waals surface area (Å²) in [6, 6.07) is 2.56. The van der Waals surface area contributed by atoms with E-state index in [0.717, 1.165) is 0 Å². The molecule has 0 radical (unpaired) electrons. The highest BCUT2D eigenvalue weighted by molar-refractivity contribution is 5.11. The Hall–Kier alpha value is -1.40. The van der Waals surface area contributed by atoms with Crippen molar-refractivity contribution in [2.75, 3.05) is 0 Å². The third kappa shape index (κ3) is 2.82. The first-order valence-corrected chi connectivity index (χ1v) is 4.51. The zero-order chi connectivity index (χ0) is 10.4. The van der Waals surface area contributed by atoms with E-state index in [4.69, 9.17) is 5.73 Å². The van der Waals surface area contributed by atoms with Crippen LogP contribution in [0.4, 0.5) is 4.39 Å². The lowest BCUT2D eigenvalue weighted by atomic mass is 10.1. The quantitative estimate of drug-likeness (QED) is 0.744. The number of nitrogens with zero attached hydrogens (tertiary/aromatic N) is 1. The van der Waals surface area contributed by atoms with Crippen molar-refractivity contribution in [1.29, 1.82) is 0 Å². The zero-order valence-corrected chi connectivity index (χ0v) is 8.13. The summed E-state index contributed by atoms with van der Waals surface area (Å²) in [7, 11) is 0. The van der Waals surface area contributed by atoms with Crippen LogP contribution < -0.4 is 5.73 Å². The normalized spacial score (nSPS) is 11.6. The van der Waals surface area contributed by atoms with E-state index in [0.29, 0.717) is 18.5 Å². The number of nitrogens with two attached hydrogens (primary N) is 1. The Balaban J connectivity index is 2.63. The van der Waals surface area contributed by atoms with Gasteiger partial charge in [-0.1, -0.05) is 0 Å². The summed E-state index contributed by atoms with van der Waals surface area (Å²) in [6.45, 7) is 1.77. The van der Waals surface area contributed by atoms with Gasteiger partial charge in [-0.05, 0) is 25.5 Å². The molecule has 14 heavy (non-hydrogen) atoms. The van der Waals surface area contributed by atoms with Gasteiger partial charge >= 0.3 is 0 Å². The Kier molecular flexibility index (Phi) is 4.09. The summed E-state index contributed by atoms with van der Waals surface area (Å²) in [5.74, 6) is 5.31. The third-order valence-corrected chi connectivity index (χ3v) is 1.90. The summed E-state index contributed by atoms with van der Waals surface area (Å²) in [5.41, 5.74) is 6.09. The molecule has 0 aromatic carbocycles. The largest absolute Gasteiger partial charge is 0.323 e. The van der Waals surface area contributed by atoms with Gasteiger partial charge in [-0.2, -0.15) is 0 Å². The molecule has 74 valence electrons. The van der Waals surface area contributed by atoms with Crippen molar-refractivity contribution < 1.29 is 4.39 Å². The molecule has 1 rings (SSSR count). The highest BCUT2D eigenvalue weighted by atomic mass is 19.1. The lowest BCUT2D eigenvalue weighted by Gasteiger charge is -2.09. The summed E-state index contributed by atoms with van der Waals surface area (Å²) in [6.07, 6.45) is 2.85. The maximum absolute atomic E-state index is 13.2. The molecule has 1 aromatic rings. The van der Waals surface area contributed by atoms with Crippen LogP contribution in [-0.2, 0) is 0 Å². The van der Waals surface area contributed by atoms with Gasteiger partial charge in [0.25, 0.3) is 0 Å². The zero-order valence-electron chi connectivity index (χ0n) is 8.13. The molecule has 0 aliphatic heterocycles. The van der Waals surface area contributed by atoms with E-state index in [1.54, 1.807) is 19.2 Å². The van der Waals surface area contributed by atoms with Crippen molar-refractivity contribution in [1.82, 2.24) is 4.98 Å². The lowest BCUT2D eigenvalue weighted by molar-refractivity contribution is 0.551. The van der Waals surface area contributed by atoms with Gasteiger partial charge in [0.2, 0.25) is 0 Å². The van der Waals surface area contributed by atoms with Crippen LogP contribution in [0.2, 0.25) is 0 Å². The molecule has 0 saturated carbocycles. The fourth-order valence-corrected chi connectivity index (χ4v) is 1.16. The van der Waals surface area contributed by atoms with Gasteiger partial charge in [-0.3, -0.25) is 4.98 Å². The van der Waals surface area contributed by atoms with Gasteiger partial charge in [-0.25, -0.2) is 4.39 Å². The van der Waals surface area contributed by atoms with E-state index in [1.165, 1.54) is 6.07 Å². The van der Waals surface area contributed by atoms with E-state index in [-0.39, 0.29) is 11.9 Å². The number of halogens is 1. The van der Waals surface area contributed by atoms with E-state index in [1.807, 2.05) is 0 Å². The third-order valence-electron chi connectivity index (χ3n) is 1.90. The molecule has 3 heteroatoms. The Labute approximate surface area is 83.3 Å². The van der Waals surface area contributed by atoms with Gasteiger partial charge in [0.05, 0.1) is 11.7 Å². The number of hydrogen-bond acceptors (Lipinski definition) is 2. The van der Waals surface area contributed by atoms with Crippen molar-refractivity contribution in [2.24, 2.45) is 5.73 Å². The smallest absolute Gasteiger partial charge is 0.146 e. The van der Waals surface area contributed by atoms with Gasteiger partial charge < -0.3 is 5.73 Å². The minimum absolute atomic E-state index is 0.324. The van der Waals surface area contributed by atoms with Crippen LogP contribution >= 0.6 is 0 Å². The van der Waals surface area contributed by atoms with Gasteiger partial charge in [-0.15, -0.1) is 11.8 Å². The van der Waals surface area contributed by atoms with E-state index in [2.05, 4.69) is 16.8 Å². The first-order valence-electron chi connectivity index (χ1n) is 4.51. The first-order chi connectivity index (χ1) is 6.75. The van der Waals surface area contributed by atoms with Crippen LogP contribution in [0.25, 0.3) is 0 Å². The highest BCUT2D eigenvalue weighted by Crippen LogP contribution is 2.15. The number of aromatic nitrogens is 1. The topological polar surface area (TPSA) is 38.9 Å². The molecule has 0 saturated heterocycles. The Morgan fingerprint density at radius 1 is 1.64 bits per heavy atom. The average molecular weight is 192 g/mol. The van der Waals surface area contributed by atoms with E-state index < -0.39 is 0 Å². The number of pyridine rings is 1. The maximum atomic E-state index is 13.2. The minimum atomic E-state index is -0.364. The second kappa shape index (κ2) is 5.36. The van der Waals surface area contributed by atoms with E-state index in [9.17, 15) is 4.39 Å². The number of hydrogen-bond donors (Lipinski definition) is 1. The average Bonchev–Trinajstić information content (AvgIpc) is 2.18. The molecule has 1 heterocycles. The molecular weight excluding hydrogens is 179 g/mol. The molecule has 0 aliphatic carbocycles. The molecule has 0 bridgehead atoms. The van der Waals surface area contributed by atoms with Gasteiger partial charge in [0.1, 0.15) is 5.82 Å². The highest BCUT2D eigenvalue weighted by Gasteiger charge is 2.10. The molecule has 0 amide bonds. The standard InChI is InChI=1S/C11H13FN2/c1-2-3-4-7-10(13)11-9(12)6-5-8-14-11/h5-6,8,10H,4,7,13H2,1H3. The summed E-state index contributed by atoms with van der Waals surface area (Å²) < 4.78 is 13.2. The van der Waals surface area contributed by atoms with Crippen LogP contribution in [0.15, 0.2) is 18.3 Å². The summed E-state index contributed by atoms with van der Waals surface area (Å²) in [4.78, 5) is 3.91. The number of rotatable bonds is 3. The molecule has 1 aromatic heterocycles. The van der Waals surface area contributed by atoms with Crippen LogP contribution in [0.3, 0.4) is 0 Å². The first kappa shape index (κ1) is 10.7. The van der Waals surface area contributed by atoms with Crippen molar-refractivity contribution in [3.05, 3.63) is 29.8 Å².